The number of nitrogens with one attached hydrogen (secondary N) is 2. The number of aromatic nitrogens is 1. The number of hydrogen-bond acceptors (Lipinski definition) is 5. The molecule has 0 aliphatic rings. The van der Waals surface area contributed by atoms with Gasteiger partial charge in [0.25, 0.3) is 0 Å². The molecular formula is C15H17N3O2S2. The fourth-order valence-corrected chi connectivity index (χ4v) is 2.88. The first-order chi connectivity index (χ1) is 10.6. The topological polar surface area (TPSA) is 63.2 Å². The zero-order valence-electron chi connectivity index (χ0n) is 12.3. The normalized spacial score (nSPS) is 11.5. The molecule has 7 heteroatoms. The molecule has 1 atom stereocenters. The fourth-order valence-electron chi connectivity index (χ4n) is 1.89. The largest absolute Gasteiger partial charge is 0.467 e. The van der Waals surface area contributed by atoms with Crippen LogP contribution in [-0.4, -0.2) is 29.2 Å². The van der Waals surface area contributed by atoms with Gasteiger partial charge in [0, 0.05) is 11.8 Å². The lowest BCUT2D eigenvalue weighted by atomic mass is 10.1. The standard InChI is InChI=1S/C15H17N3O2S2/c1-10-9-22-15(16-10)18-14(21)17-12(13(19)20-2)8-11-6-4-3-5-7-11/h3-7,9,12H,8H2,1-2H3,(H2,16,17,18,21). The van der Waals surface area contributed by atoms with E-state index in [1.54, 1.807) is 0 Å². The summed E-state index contributed by atoms with van der Waals surface area (Å²) in [4.78, 5) is 16.2. The van der Waals surface area contributed by atoms with Crippen LogP contribution in [-0.2, 0) is 16.0 Å². The van der Waals surface area contributed by atoms with Crippen molar-refractivity contribution in [3.63, 3.8) is 0 Å². The second-order valence-electron chi connectivity index (χ2n) is 4.66. The van der Waals surface area contributed by atoms with Crippen LogP contribution in [0.15, 0.2) is 35.7 Å². The van der Waals surface area contributed by atoms with Crippen molar-refractivity contribution in [2.45, 2.75) is 19.4 Å². The molecule has 1 unspecified atom stereocenters. The minimum atomic E-state index is -0.548. The van der Waals surface area contributed by atoms with Gasteiger partial charge in [0.15, 0.2) is 10.2 Å². The third kappa shape index (κ3) is 4.78. The van der Waals surface area contributed by atoms with E-state index in [0.29, 0.717) is 16.7 Å². The van der Waals surface area contributed by atoms with E-state index in [2.05, 4.69) is 15.6 Å². The number of ether oxygens (including phenoxy) is 1. The van der Waals surface area contributed by atoms with Gasteiger partial charge < -0.3 is 15.4 Å². The lowest BCUT2D eigenvalue weighted by molar-refractivity contribution is -0.142. The highest BCUT2D eigenvalue weighted by Gasteiger charge is 2.20. The summed E-state index contributed by atoms with van der Waals surface area (Å²) < 4.78 is 4.84. The van der Waals surface area contributed by atoms with Crippen LogP contribution >= 0.6 is 23.6 Å². The molecule has 1 aromatic heterocycles. The lowest BCUT2D eigenvalue weighted by Crippen LogP contribution is -2.44. The molecule has 0 aliphatic carbocycles. The van der Waals surface area contributed by atoms with Crippen LogP contribution in [0.5, 0.6) is 0 Å². The number of nitrogens with zero attached hydrogens (tertiary/aromatic N) is 1. The Balaban J connectivity index is 2.00. The minimum Gasteiger partial charge on any atom is -0.467 e. The molecule has 0 bridgehead atoms. The number of aryl methyl sites for hydroxylation is 1. The van der Waals surface area contributed by atoms with Crippen LogP contribution in [0.2, 0.25) is 0 Å². The van der Waals surface area contributed by atoms with Crippen molar-refractivity contribution in [1.82, 2.24) is 10.3 Å². The van der Waals surface area contributed by atoms with Gasteiger partial charge in [-0.3, -0.25) is 0 Å². The van der Waals surface area contributed by atoms with Crippen molar-refractivity contribution in [1.29, 1.82) is 0 Å². The summed E-state index contributed by atoms with van der Waals surface area (Å²) in [6, 6.07) is 9.16. The SMILES string of the molecule is COC(=O)C(Cc1ccccc1)NC(=S)Nc1nc(C)cs1. The quantitative estimate of drug-likeness (QED) is 0.647. The van der Waals surface area contributed by atoms with Gasteiger partial charge in [-0.15, -0.1) is 11.3 Å². The first-order valence-electron chi connectivity index (χ1n) is 6.70. The van der Waals surface area contributed by atoms with E-state index < -0.39 is 6.04 Å². The summed E-state index contributed by atoms with van der Waals surface area (Å²) in [6.07, 6.45) is 0.492. The van der Waals surface area contributed by atoms with Crippen LogP contribution in [0.4, 0.5) is 5.13 Å². The average molecular weight is 335 g/mol. The number of anilines is 1. The zero-order valence-corrected chi connectivity index (χ0v) is 14.0. The van der Waals surface area contributed by atoms with Gasteiger partial charge in [0.2, 0.25) is 0 Å². The van der Waals surface area contributed by atoms with Crippen LogP contribution < -0.4 is 10.6 Å². The molecule has 5 nitrogen and oxygen atoms in total. The van der Waals surface area contributed by atoms with E-state index in [1.165, 1.54) is 18.4 Å². The molecule has 22 heavy (non-hydrogen) atoms. The Morgan fingerprint density at radius 3 is 2.73 bits per heavy atom. The third-order valence-electron chi connectivity index (χ3n) is 2.91. The average Bonchev–Trinajstić information content (AvgIpc) is 2.91. The number of thiocarbonyl (C=S) groups is 1. The fraction of sp³-hybridized carbons (Fsp3) is 0.267. The Bertz CT molecular complexity index is 643. The molecule has 2 rings (SSSR count). The van der Waals surface area contributed by atoms with Gasteiger partial charge in [0.05, 0.1) is 12.8 Å². The van der Waals surface area contributed by atoms with E-state index in [4.69, 9.17) is 17.0 Å². The smallest absolute Gasteiger partial charge is 0.328 e. The summed E-state index contributed by atoms with van der Waals surface area (Å²) in [5.74, 6) is -0.358. The second-order valence-corrected chi connectivity index (χ2v) is 5.92. The van der Waals surface area contributed by atoms with Gasteiger partial charge in [0.1, 0.15) is 6.04 Å². The number of carbonyl (C=O) groups is 1. The van der Waals surface area contributed by atoms with Gasteiger partial charge in [-0.2, -0.15) is 0 Å². The van der Waals surface area contributed by atoms with Crippen molar-refractivity contribution in [2.75, 3.05) is 12.4 Å². The lowest BCUT2D eigenvalue weighted by Gasteiger charge is -2.18. The molecule has 0 spiro atoms. The molecule has 2 aromatic rings. The van der Waals surface area contributed by atoms with Gasteiger partial charge in [-0.1, -0.05) is 30.3 Å². The molecule has 0 amide bonds. The summed E-state index contributed by atoms with van der Waals surface area (Å²) in [7, 11) is 1.36. The van der Waals surface area contributed by atoms with Crippen LogP contribution in [0, 0.1) is 6.92 Å². The monoisotopic (exact) mass is 335 g/mol. The van der Waals surface area contributed by atoms with Crippen molar-refractivity contribution >= 4 is 39.8 Å². The number of hydrogen-bond donors (Lipinski definition) is 2. The highest BCUT2D eigenvalue weighted by Crippen LogP contribution is 2.14. The van der Waals surface area contributed by atoms with E-state index in [-0.39, 0.29) is 5.97 Å². The minimum absolute atomic E-state index is 0.348. The predicted octanol–water partition coefficient (Wildman–Crippen LogP) is 2.52. The molecule has 0 fully saturated rings. The molecule has 0 saturated heterocycles. The van der Waals surface area contributed by atoms with Gasteiger partial charge >= 0.3 is 5.97 Å². The Morgan fingerprint density at radius 1 is 1.41 bits per heavy atom. The maximum atomic E-state index is 11.9. The van der Waals surface area contributed by atoms with Crippen molar-refractivity contribution < 1.29 is 9.53 Å². The number of esters is 1. The van der Waals surface area contributed by atoms with Gasteiger partial charge in [-0.05, 0) is 24.7 Å². The molecular weight excluding hydrogens is 318 g/mol. The summed E-state index contributed by atoms with van der Waals surface area (Å²) in [5, 5.41) is 8.93. The summed E-state index contributed by atoms with van der Waals surface area (Å²) >= 11 is 6.70. The van der Waals surface area contributed by atoms with E-state index in [0.717, 1.165) is 11.3 Å². The Morgan fingerprint density at radius 2 is 2.14 bits per heavy atom. The molecule has 0 saturated carbocycles. The highest BCUT2D eigenvalue weighted by atomic mass is 32.1. The zero-order chi connectivity index (χ0) is 15.9. The van der Waals surface area contributed by atoms with E-state index in [1.807, 2.05) is 42.6 Å². The maximum Gasteiger partial charge on any atom is 0.328 e. The summed E-state index contributed by atoms with van der Waals surface area (Å²) in [5.41, 5.74) is 1.95. The van der Waals surface area contributed by atoms with Crippen LogP contribution in [0.3, 0.4) is 0 Å². The van der Waals surface area contributed by atoms with E-state index >= 15 is 0 Å². The molecule has 0 aliphatic heterocycles. The first-order valence-corrected chi connectivity index (χ1v) is 7.98. The Hall–Kier alpha value is -1.99. The third-order valence-corrected chi connectivity index (χ3v) is 4.01. The number of methoxy groups -OCH3 is 1. The number of benzene rings is 1. The second kappa shape index (κ2) is 7.86. The van der Waals surface area contributed by atoms with Gasteiger partial charge in [-0.25, -0.2) is 9.78 Å². The number of carbonyl (C=O) groups excluding carboxylic acids is 1. The molecule has 1 aromatic carbocycles. The van der Waals surface area contributed by atoms with Crippen LogP contribution in [0.1, 0.15) is 11.3 Å². The van der Waals surface area contributed by atoms with Crippen molar-refractivity contribution in [3.8, 4) is 0 Å². The number of rotatable bonds is 5. The molecule has 116 valence electrons. The first kappa shape index (κ1) is 16.4. The van der Waals surface area contributed by atoms with E-state index in [9.17, 15) is 4.79 Å². The van der Waals surface area contributed by atoms with Crippen LogP contribution in [0.25, 0.3) is 0 Å². The van der Waals surface area contributed by atoms with Crippen molar-refractivity contribution in [3.05, 3.63) is 47.0 Å². The highest BCUT2D eigenvalue weighted by molar-refractivity contribution is 7.80. The predicted molar refractivity (Wildman–Crippen MR) is 92.2 cm³/mol. The Labute approximate surface area is 138 Å². The molecule has 2 N–H and O–H groups in total. The molecule has 1 heterocycles. The maximum absolute atomic E-state index is 11.9. The Kier molecular flexibility index (Phi) is 5.85. The summed E-state index contributed by atoms with van der Waals surface area (Å²) in [6.45, 7) is 1.91. The van der Waals surface area contributed by atoms with Crippen molar-refractivity contribution in [2.24, 2.45) is 0 Å². The number of thiazole rings is 1. The molecule has 0 radical (unpaired) electrons.